The van der Waals surface area contributed by atoms with Crippen LogP contribution in [0.4, 0.5) is 5.00 Å². The van der Waals surface area contributed by atoms with E-state index >= 15 is 0 Å². The van der Waals surface area contributed by atoms with Gasteiger partial charge in [-0.3, -0.25) is 4.79 Å². The second-order valence-corrected chi connectivity index (χ2v) is 6.86. The van der Waals surface area contributed by atoms with E-state index in [1.165, 1.54) is 11.3 Å². The highest BCUT2D eigenvalue weighted by molar-refractivity contribution is 7.16. The molecular weight excluding hydrogens is 314 g/mol. The van der Waals surface area contributed by atoms with Crippen LogP contribution in [0.5, 0.6) is 0 Å². The van der Waals surface area contributed by atoms with E-state index in [1.807, 2.05) is 13.8 Å². The Bertz CT molecular complexity index is 561. The van der Waals surface area contributed by atoms with Gasteiger partial charge >= 0.3 is 5.97 Å². The van der Waals surface area contributed by atoms with Crippen LogP contribution >= 0.6 is 11.3 Å². The van der Waals surface area contributed by atoms with Gasteiger partial charge in [-0.2, -0.15) is 0 Å². The molecule has 1 aromatic heterocycles. The predicted molar refractivity (Wildman–Crippen MR) is 91.2 cm³/mol. The van der Waals surface area contributed by atoms with Crippen LogP contribution in [0.3, 0.4) is 0 Å². The number of rotatable bonds is 7. The van der Waals surface area contributed by atoms with Crippen LogP contribution in [0.15, 0.2) is 0 Å². The van der Waals surface area contributed by atoms with Crippen molar-refractivity contribution in [3.8, 4) is 0 Å². The van der Waals surface area contributed by atoms with Gasteiger partial charge in [0.25, 0.3) is 0 Å². The molecule has 1 unspecified atom stereocenters. The third-order valence-electron chi connectivity index (χ3n) is 4.01. The summed E-state index contributed by atoms with van der Waals surface area (Å²) < 4.78 is 10.7. The second-order valence-electron chi connectivity index (χ2n) is 5.64. The number of carbonyl (C=O) groups excluding carboxylic acids is 2. The first-order valence-corrected chi connectivity index (χ1v) is 9.09. The highest BCUT2D eigenvalue weighted by atomic mass is 32.1. The monoisotopic (exact) mass is 339 g/mol. The zero-order valence-electron chi connectivity index (χ0n) is 14.1. The summed E-state index contributed by atoms with van der Waals surface area (Å²) in [5, 5.41) is 3.50. The molecule has 1 atom stereocenters. The van der Waals surface area contributed by atoms with E-state index in [4.69, 9.17) is 9.47 Å². The van der Waals surface area contributed by atoms with Crippen LogP contribution in [0.25, 0.3) is 0 Å². The first kappa shape index (κ1) is 17.9. The molecule has 0 radical (unpaired) electrons. The van der Waals surface area contributed by atoms with Crippen LogP contribution in [0, 0.1) is 6.92 Å². The lowest BCUT2D eigenvalue weighted by Crippen LogP contribution is -2.17. The molecule has 6 heteroatoms. The van der Waals surface area contributed by atoms with E-state index in [0.29, 0.717) is 23.6 Å². The number of nitrogens with one attached hydrogen (secondary N) is 1. The van der Waals surface area contributed by atoms with E-state index < -0.39 is 0 Å². The molecule has 1 aliphatic rings. The molecule has 1 N–H and O–H groups in total. The van der Waals surface area contributed by atoms with Crippen molar-refractivity contribution in [3.05, 3.63) is 16.0 Å². The lowest BCUT2D eigenvalue weighted by Gasteiger charge is -2.10. The molecule has 0 bridgehead atoms. The molecule has 128 valence electrons. The number of ether oxygens (including phenoxy) is 2. The predicted octanol–water partition coefficient (Wildman–Crippen LogP) is 3.69. The minimum Gasteiger partial charge on any atom is -0.462 e. The van der Waals surface area contributed by atoms with E-state index in [2.05, 4.69) is 5.32 Å². The third-order valence-corrected chi connectivity index (χ3v) is 5.08. The number of amides is 1. The molecule has 5 nitrogen and oxygen atoms in total. The standard InChI is InChI=1S/C17H25NO4S/c1-4-13-11(3)23-16(15(13)17(20)21-5-2)18-14(19)9-8-12-7-6-10-22-12/h12H,4-10H2,1-3H3,(H,18,19). The van der Waals surface area contributed by atoms with Gasteiger partial charge in [0.15, 0.2) is 0 Å². The molecule has 2 heterocycles. The average molecular weight is 339 g/mol. The summed E-state index contributed by atoms with van der Waals surface area (Å²) >= 11 is 1.44. The molecule has 0 saturated carbocycles. The lowest BCUT2D eigenvalue weighted by molar-refractivity contribution is -0.116. The summed E-state index contributed by atoms with van der Waals surface area (Å²) in [4.78, 5) is 25.5. The number of thiophene rings is 1. The largest absolute Gasteiger partial charge is 0.462 e. The maximum atomic E-state index is 12.2. The average Bonchev–Trinajstić information content (AvgIpc) is 3.12. The van der Waals surface area contributed by atoms with E-state index in [-0.39, 0.29) is 18.0 Å². The highest BCUT2D eigenvalue weighted by Crippen LogP contribution is 2.34. The van der Waals surface area contributed by atoms with E-state index in [1.54, 1.807) is 6.92 Å². The molecular formula is C17H25NO4S. The van der Waals surface area contributed by atoms with E-state index in [0.717, 1.165) is 42.7 Å². The van der Waals surface area contributed by atoms with Crippen LogP contribution in [-0.2, 0) is 20.7 Å². The number of hydrogen-bond donors (Lipinski definition) is 1. The van der Waals surface area contributed by atoms with Gasteiger partial charge in [-0.1, -0.05) is 6.92 Å². The Labute approximate surface area is 141 Å². The van der Waals surface area contributed by atoms with Gasteiger partial charge in [0.1, 0.15) is 5.00 Å². The van der Waals surface area contributed by atoms with Gasteiger partial charge in [-0.15, -0.1) is 11.3 Å². The summed E-state index contributed by atoms with van der Waals surface area (Å²) in [6.45, 7) is 6.87. The zero-order chi connectivity index (χ0) is 16.8. The lowest BCUT2D eigenvalue weighted by atomic mass is 10.1. The van der Waals surface area contributed by atoms with Crippen molar-refractivity contribution in [1.29, 1.82) is 0 Å². The normalized spacial score (nSPS) is 17.3. The molecule has 0 aliphatic carbocycles. The third kappa shape index (κ3) is 4.54. The summed E-state index contributed by atoms with van der Waals surface area (Å²) in [6.07, 6.45) is 4.17. The number of esters is 1. The quantitative estimate of drug-likeness (QED) is 0.770. The summed E-state index contributed by atoms with van der Waals surface area (Å²) in [5.74, 6) is -0.432. The second kappa shape index (κ2) is 8.45. The minimum absolute atomic E-state index is 0.0741. The molecule has 1 saturated heterocycles. The molecule has 2 rings (SSSR count). The van der Waals surface area contributed by atoms with Gasteiger partial charge in [0.05, 0.1) is 18.3 Å². The van der Waals surface area contributed by atoms with Crippen LogP contribution < -0.4 is 5.32 Å². The topological polar surface area (TPSA) is 64.6 Å². The van der Waals surface area contributed by atoms with Crippen LogP contribution in [0.1, 0.15) is 60.3 Å². The summed E-state index contributed by atoms with van der Waals surface area (Å²) in [7, 11) is 0. The Morgan fingerprint density at radius 1 is 1.39 bits per heavy atom. The Balaban J connectivity index is 2.05. The van der Waals surface area contributed by atoms with Crippen LogP contribution in [-0.4, -0.2) is 31.2 Å². The fourth-order valence-corrected chi connectivity index (χ4v) is 4.01. The maximum absolute atomic E-state index is 12.2. The Kier molecular flexibility index (Phi) is 6.59. The summed E-state index contributed by atoms with van der Waals surface area (Å²) in [5.41, 5.74) is 1.48. The summed E-state index contributed by atoms with van der Waals surface area (Å²) in [6, 6.07) is 0. The Hall–Kier alpha value is -1.40. The van der Waals surface area contributed by atoms with E-state index in [9.17, 15) is 9.59 Å². The fourth-order valence-electron chi connectivity index (χ4n) is 2.86. The van der Waals surface area contributed by atoms with Crippen molar-refractivity contribution in [2.75, 3.05) is 18.5 Å². The first-order valence-electron chi connectivity index (χ1n) is 8.27. The molecule has 1 fully saturated rings. The number of aryl methyl sites for hydroxylation is 1. The first-order chi connectivity index (χ1) is 11.1. The van der Waals surface area contributed by atoms with Crippen molar-refractivity contribution < 1.29 is 19.1 Å². The maximum Gasteiger partial charge on any atom is 0.341 e. The van der Waals surface area contributed by atoms with Crippen molar-refractivity contribution in [1.82, 2.24) is 0 Å². The number of carbonyl (C=O) groups is 2. The SMILES string of the molecule is CCOC(=O)c1c(NC(=O)CCC2CCCO2)sc(C)c1CC. The van der Waals surface area contributed by atoms with Crippen molar-refractivity contribution in [3.63, 3.8) is 0 Å². The molecule has 1 amide bonds. The molecule has 23 heavy (non-hydrogen) atoms. The molecule has 1 aliphatic heterocycles. The van der Waals surface area contributed by atoms with Crippen LogP contribution in [0.2, 0.25) is 0 Å². The smallest absolute Gasteiger partial charge is 0.341 e. The molecule has 1 aromatic rings. The van der Waals surface area contributed by atoms with Crippen molar-refractivity contribution >= 4 is 28.2 Å². The van der Waals surface area contributed by atoms with Gasteiger partial charge in [-0.25, -0.2) is 4.79 Å². The number of hydrogen-bond acceptors (Lipinski definition) is 5. The molecule has 0 aromatic carbocycles. The van der Waals surface area contributed by atoms with Crippen molar-refractivity contribution in [2.45, 2.75) is 59.0 Å². The van der Waals surface area contributed by atoms with Gasteiger partial charge in [0, 0.05) is 17.9 Å². The Morgan fingerprint density at radius 2 is 2.17 bits per heavy atom. The zero-order valence-corrected chi connectivity index (χ0v) is 14.9. The Morgan fingerprint density at radius 3 is 2.78 bits per heavy atom. The van der Waals surface area contributed by atoms with Gasteiger partial charge in [-0.05, 0) is 45.1 Å². The van der Waals surface area contributed by atoms with Crippen molar-refractivity contribution in [2.24, 2.45) is 0 Å². The van der Waals surface area contributed by atoms with Gasteiger partial charge in [0.2, 0.25) is 5.91 Å². The fraction of sp³-hybridized carbons (Fsp3) is 0.647. The number of anilines is 1. The minimum atomic E-state index is -0.358. The molecule has 0 spiro atoms. The van der Waals surface area contributed by atoms with Gasteiger partial charge < -0.3 is 14.8 Å². The highest BCUT2D eigenvalue weighted by Gasteiger charge is 2.24.